The van der Waals surface area contributed by atoms with Crippen LogP contribution in [0.25, 0.3) is 0 Å². The van der Waals surface area contributed by atoms with Gasteiger partial charge in [0.05, 0.1) is 12.4 Å². The zero-order valence-corrected chi connectivity index (χ0v) is 10.5. The van der Waals surface area contributed by atoms with Gasteiger partial charge in [-0.3, -0.25) is 0 Å². The van der Waals surface area contributed by atoms with E-state index in [4.69, 9.17) is 5.11 Å². The summed E-state index contributed by atoms with van der Waals surface area (Å²) < 4.78 is 25.5. The molecule has 1 saturated carbocycles. The number of hydrogen-bond donors (Lipinski definition) is 1. The second kappa shape index (κ2) is 4.39. The molecule has 5 heteroatoms. The largest absolute Gasteiger partial charge is 0.395 e. The Morgan fingerprint density at radius 3 is 2.20 bits per heavy atom. The molecule has 4 nitrogen and oxygen atoms in total. The van der Waals surface area contributed by atoms with Gasteiger partial charge in [0.15, 0.2) is 0 Å². The molecule has 15 heavy (non-hydrogen) atoms. The monoisotopic (exact) mass is 235 g/mol. The average Bonchev–Trinajstić information content (AvgIpc) is 2.77. The summed E-state index contributed by atoms with van der Waals surface area (Å²) in [4.78, 5) is 0. The topological polar surface area (TPSA) is 57.6 Å². The van der Waals surface area contributed by atoms with Gasteiger partial charge in [-0.1, -0.05) is 20.8 Å². The van der Waals surface area contributed by atoms with Crippen LogP contribution < -0.4 is 0 Å². The molecule has 0 radical (unpaired) electrons. The van der Waals surface area contributed by atoms with Crippen molar-refractivity contribution < 1.29 is 13.5 Å². The van der Waals surface area contributed by atoms with Crippen LogP contribution in [-0.4, -0.2) is 42.8 Å². The van der Waals surface area contributed by atoms with Crippen molar-refractivity contribution in [2.75, 3.05) is 18.9 Å². The molecule has 0 spiro atoms. The van der Waals surface area contributed by atoms with Crippen LogP contribution in [0.3, 0.4) is 0 Å². The summed E-state index contributed by atoms with van der Waals surface area (Å²) in [7, 11) is -3.21. The normalized spacial score (nSPS) is 18.5. The molecule has 0 aromatic rings. The smallest absolute Gasteiger partial charge is 0.214 e. The Kier molecular flexibility index (Phi) is 3.79. The summed E-state index contributed by atoms with van der Waals surface area (Å²) in [6.07, 6.45) is 1.87. The summed E-state index contributed by atoms with van der Waals surface area (Å²) in [5.41, 5.74) is -0.235. The molecular weight excluding hydrogens is 214 g/mol. The Labute approximate surface area is 92.3 Å². The molecule has 1 aliphatic rings. The molecular formula is C10H21NO3S. The second-order valence-corrected chi connectivity index (χ2v) is 7.30. The molecule has 0 aromatic carbocycles. The maximum atomic E-state index is 12.0. The first-order valence-corrected chi connectivity index (χ1v) is 6.97. The van der Waals surface area contributed by atoms with Crippen LogP contribution in [0.2, 0.25) is 0 Å². The number of aliphatic hydroxyl groups excluding tert-OH is 1. The van der Waals surface area contributed by atoms with Gasteiger partial charge >= 0.3 is 0 Å². The highest BCUT2D eigenvalue weighted by atomic mass is 32.2. The van der Waals surface area contributed by atoms with E-state index >= 15 is 0 Å². The molecule has 1 N–H and O–H groups in total. The van der Waals surface area contributed by atoms with E-state index in [1.807, 2.05) is 20.8 Å². The quantitative estimate of drug-likeness (QED) is 0.767. The van der Waals surface area contributed by atoms with Gasteiger partial charge in [-0.25, -0.2) is 8.42 Å². The van der Waals surface area contributed by atoms with Crippen molar-refractivity contribution in [3.05, 3.63) is 0 Å². The summed E-state index contributed by atoms with van der Waals surface area (Å²) in [6.45, 7) is 5.88. The van der Waals surface area contributed by atoms with E-state index in [1.54, 1.807) is 0 Å². The number of nitrogens with zero attached hydrogens (tertiary/aromatic N) is 1. The van der Waals surface area contributed by atoms with Gasteiger partial charge in [0.1, 0.15) is 0 Å². The van der Waals surface area contributed by atoms with E-state index in [-0.39, 0.29) is 30.4 Å². The van der Waals surface area contributed by atoms with Gasteiger partial charge < -0.3 is 5.11 Å². The molecule has 0 amide bonds. The van der Waals surface area contributed by atoms with Crippen molar-refractivity contribution in [1.29, 1.82) is 0 Å². The Balaban J connectivity index is 2.72. The summed E-state index contributed by atoms with van der Waals surface area (Å²) in [5.74, 6) is 0.149. The molecule has 0 bridgehead atoms. The van der Waals surface area contributed by atoms with Crippen molar-refractivity contribution >= 4 is 10.0 Å². The Hall–Kier alpha value is -0.130. The van der Waals surface area contributed by atoms with Gasteiger partial charge in [0.2, 0.25) is 10.0 Å². The van der Waals surface area contributed by atoms with Gasteiger partial charge in [-0.2, -0.15) is 4.31 Å². The number of hydrogen-bond acceptors (Lipinski definition) is 3. The van der Waals surface area contributed by atoms with E-state index < -0.39 is 10.0 Å². The Morgan fingerprint density at radius 1 is 1.33 bits per heavy atom. The number of aliphatic hydroxyl groups is 1. The van der Waals surface area contributed by atoms with Crippen molar-refractivity contribution in [2.45, 2.75) is 39.7 Å². The fourth-order valence-electron chi connectivity index (χ4n) is 1.64. The molecule has 0 heterocycles. The molecule has 0 aromatic heterocycles. The first kappa shape index (κ1) is 12.9. The van der Waals surface area contributed by atoms with Gasteiger partial charge in [-0.15, -0.1) is 0 Å². The zero-order chi connectivity index (χ0) is 11.7. The predicted octanol–water partition coefficient (Wildman–Crippen LogP) is 0.819. The van der Waals surface area contributed by atoms with E-state index in [0.29, 0.717) is 0 Å². The van der Waals surface area contributed by atoms with Gasteiger partial charge in [-0.05, 0) is 18.3 Å². The minimum absolute atomic E-state index is 0.0973. The molecule has 1 fully saturated rings. The first-order chi connectivity index (χ1) is 6.76. The lowest BCUT2D eigenvalue weighted by Gasteiger charge is -2.26. The fraction of sp³-hybridized carbons (Fsp3) is 1.00. The highest BCUT2D eigenvalue weighted by Crippen LogP contribution is 2.31. The van der Waals surface area contributed by atoms with Crippen molar-refractivity contribution in [3.8, 4) is 0 Å². The van der Waals surface area contributed by atoms with Crippen LogP contribution in [0.5, 0.6) is 0 Å². The molecule has 0 atom stereocenters. The lowest BCUT2D eigenvalue weighted by atomic mass is 10.0. The maximum Gasteiger partial charge on any atom is 0.214 e. The van der Waals surface area contributed by atoms with E-state index in [1.165, 1.54) is 4.31 Å². The predicted molar refractivity (Wildman–Crippen MR) is 60.1 cm³/mol. The zero-order valence-electron chi connectivity index (χ0n) is 9.73. The summed E-state index contributed by atoms with van der Waals surface area (Å²) >= 11 is 0. The van der Waals surface area contributed by atoms with Crippen LogP contribution in [0.4, 0.5) is 0 Å². The second-order valence-electron chi connectivity index (χ2n) is 5.38. The minimum Gasteiger partial charge on any atom is -0.395 e. The molecule has 0 saturated heterocycles. The molecule has 90 valence electrons. The molecule has 0 unspecified atom stereocenters. The van der Waals surface area contributed by atoms with E-state index in [9.17, 15) is 8.42 Å². The van der Waals surface area contributed by atoms with E-state index in [2.05, 4.69) is 0 Å². The highest BCUT2D eigenvalue weighted by molar-refractivity contribution is 7.89. The maximum absolute atomic E-state index is 12.0. The van der Waals surface area contributed by atoms with Crippen LogP contribution in [0.1, 0.15) is 33.6 Å². The Bertz CT molecular complexity index is 301. The van der Waals surface area contributed by atoms with Crippen molar-refractivity contribution in [2.24, 2.45) is 5.41 Å². The summed E-state index contributed by atoms with van der Waals surface area (Å²) in [5, 5.41) is 8.87. The van der Waals surface area contributed by atoms with Crippen LogP contribution in [0.15, 0.2) is 0 Å². The number of rotatable bonds is 5. The van der Waals surface area contributed by atoms with Gasteiger partial charge in [0, 0.05) is 12.6 Å². The molecule has 1 rings (SSSR count). The third-order valence-electron chi connectivity index (χ3n) is 2.25. The van der Waals surface area contributed by atoms with Crippen LogP contribution >= 0.6 is 0 Å². The number of sulfonamides is 1. The van der Waals surface area contributed by atoms with Crippen molar-refractivity contribution in [1.82, 2.24) is 4.31 Å². The third kappa shape index (κ3) is 4.09. The van der Waals surface area contributed by atoms with Crippen molar-refractivity contribution in [3.63, 3.8) is 0 Å². The molecule has 1 aliphatic carbocycles. The van der Waals surface area contributed by atoms with Gasteiger partial charge in [0.25, 0.3) is 0 Å². The van der Waals surface area contributed by atoms with Crippen LogP contribution in [0, 0.1) is 5.41 Å². The Morgan fingerprint density at radius 2 is 1.87 bits per heavy atom. The fourth-order valence-corrected chi connectivity index (χ4v) is 3.93. The lowest BCUT2D eigenvalue weighted by Crippen LogP contribution is -2.40. The lowest BCUT2D eigenvalue weighted by molar-refractivity contribution is 0.249. The minimum atomic E-state index is -3.21. The average molecular weight is 235 g/mol. The summed E-state index contributed by atoms with van der Waals surface area (Å²) in [6, 6.07) is 0.143. The molecule has 0 aliphatic heterocycles. The third-order valence-corrected chi connectivity index (χ3v) is 4.67. The van der Waals surface area contributed by atoms with Crippen LogP contribution in [-0.2, 0) is 10.0 Å². The van der Waals surface area contributed by atoms with E-state index in [0.717, 1.165) is 12.8 Å². The first-order valence-electron chi connectivity index (χ1n) is 5.37. The standard InChI is InChI=1S/C10H21NO3S/c1-10(2,3)8-15(13,14)11(6-7-12)9-4-5-9/h9,12H,4-8H2,1-3H3. The SMILES string of the molecule is CC(C)(C)CS(=O)(=O)N(CCO)C1CC1. The highest BCUT2D eigenvalue weighted by Gasteiger charge is 2.38.